The monoisotopic (exact) mass is 468 g/mol. The number of carbonyl (C=O) groups is 6. The maximum absolute atomic E-state index is 11.7. The Balaban J connectivity index is 4.41. The standard InChI is InChI=1S/C14H24N6O8S2/c15-1-9(21)17-3-11(23)19-7(13(25)26)5-29-30-6-8(14(27)28)20-12(24)4-18-10(22)2-16/h7-8H,1-6,15-16H2,(H,17,21)(H,18,22)(H,19,23)(H,20,24)(H,25,26)(H,27,28)/t7-,8-/m0/s1. The average Bonchev–Trinajstić information content (AvgIpc) is 2.70. The fourth-order valence-corrected chi connectivity index (χ4v) is 3.88. The summed E-state index contributed by atoms with van der Waals surface area (Å²) in [7, 11) is 1.94. The highest BCUT2D eigenvalue weighted by Crippen LogP contribution is 2.23. The first-order chi connectivity index (χ1) is 14.1. The highest BCUT2D eigenvalue weighted by atomic mass is 33.1. The molecule has 10 N–H and O–H groups in total. The van der Waals surface area contributed by atoms with Crippen molar-refractivity contribution in [3.8, 4) is 0 Å². The molecule has 2 atom stereocenters. The summed E-state index contributed by atoms with van der Waals surface area (Å²) in [5.41, 5.74) is 10.1. The largest absolute Gasteiger partial charge is 0.480 e. The fraction of sp³-hybridized carbons (Fsp3) is 0.571. The van der Waals surface area contributed by atoms with Crippen LogP contribution in [0.3, 0.4) is 0 Å². The van der Waals surface area contributed by atoms with Crippen molar-refractivity contribution in [1.29, 1.82) is 0 Å². The smallest absolute Gasteiger partial charge is 0.327 e. The summed E-state index contributed by atoms with van der Waals surface area (Å²) in [5, 5.41) is 27.1. The van der Waals surface area contributed by atoms with Crippen LogP contribution < -0.4 is 32.7 Å². The molecule has 0 aliphatic carbocycles. The third-order valence-corrected chi connectivity index (χ3v) is 5.50. The van der Waals surface area contributed by atoms with Crippen LogP contribution in [0.25, 0.3) is 0 Å². The molecule has 30 heavy (non-hydrogen) atoms. The van der Waals surface area contributed by atoms with E-state index in [9.17, 15) is 28.8 Å². The summed E-state index contributed by atoms with van der Waals surface area (Å²) < 4.78 is 0. The predicted octanol–water partition coefficient (Wildman–Crippen LogP) is -4.34. The minimum atomic E-state index is -1.32. The molecule has 0 spiro atoms. The number of carbonyl (C=O) groups excluding carboxylic acids is 4. The van der Waals surface area contributed by atoms with Crippen molar-refractivity contribution in [2.24, 2.45) is 11.5 Å². The zero-order valence-electron chi connectivity index (χ0n) is 15.7. The van der Waals surface area contributed by atoms with E-state index in [0.717, 1.165) is 21.6 Å². The Kier molecular flexibility index (Phi) is 14.0. The van der Waals surface area contributed by atoms with Gasteiger partial charge in [0.25, 0.3) is 0 Å². The van der Waals surface area contributed by atoms with Crippen LogP contribution >= 0.6 is 21.6 Å². The fourth-order valence-electron chi connectivity index (χ4n) is 1.57. The van der Waals surface area contributed by atoms with Crippen LogP contribution in [0.1, 0.15) is 0 Å². The highest BCUT2D eigenvalue weighted by Gasteiger charge is 2.23. The molecule has 0 rings (SSSR count). The van der Waals surface area contributed by atoms with Crippen LogP contribution in [0, 0.1) is 0 Å². The van der Waals surface area contributed by atoms with Gasteiger partial charge in [0.1, 0.15) is 12.1 Å². The topological polar surface area (TPSA) is 243 Å². The molecule has 0 aliphatic heterocycles. The number of nitrogens with one attached hydrogen (secondary N) is 4. The lowest BCUT2D eigenvalue weighted by Crippen LogP contribution is -2.48. The number of aliphatic carboxylic acids is 2. The molecule has 170 valence electrons. The zero-order valence-corrected chi connectivity index (χ0v) is 17.3. The summed E-state index contributed by atoms with van der Waals surface area (Å²) >= 11 is 0. The van der Waals surface area contributed by atoms with Crippen LogP contribution in [0.4, 0.5) is 0 Å². The van der Waals surface area contributed by atoms with Gasteiger partial charge < -0.3 is 42.9 Å². The van der Waals surface area contributed by atoms with Gasteiger partial charge in [0.15, 0.2) is 0 Å². The van der Waals surface area contributed by atoms with Gasteiger partial charge in [0.05, 0.1) is 26.2 Å². The summed E-state index contributed by atoms with van der Waals surface area (Å²) in [6.07, 6.45) is 0. The maximum Gasteiger partial charge on any atom is 0.327 e. The van der Waals surface area contributed by atoms with Gasteiger partial charge >= 0.3 is 11.9 Å². The third-order valence-electron chi connectivity index (χ3n) is 3.08. The Hall–Kier alpha value is -2.56. The predicted molar refractivity (Wildman–Crippen MR) is 108 cm³/mol. The number of hydrogen-bond donors (Lipinski definition) is 8. The lowest BCUT2D eigenvalue weighted by molar-refractivity contribution is -0.141. The van der Waals surface area contributed by atoms with E-state index in [1.165, 1.54) is 0 Å². The number of hydrogen-bond acceptors (Lipinski definition) is 10. The minimum absolute atomic E-state index is 0.108. The molecule has 0 aromatic rings. The van der Waals surface area contributed by atoms with Gasteiger partial charge in [-0.1, -0.05) is 21.6 Å². The number of rotatable bonds is 15. The quantitative estimate of drug-likeness (QED) is 0.0839. The van der Waals surface area contributed by atoms with Crippen LogP contribution in [-0.2, 0) is 28.8 Å². The van der Waals surface area contributed by atoms with Crippen molar-refractivity contribution in [1.82, 2.24) is 21.3 Å². The zero-order chi connectivity index (χ0) is 23.1. The molecule has 0 radical (unpaired) electrons. The molecule has 0 aliphatic rings. The minimum Gasteiger partial charge on any atom is -0.480 e. The second-order valence-electron chi connectivity index (χ2n) is 5.45. The molecule has 0 fully saturated rings. The second kappa shape index (κ2) is 15.3. The van der Waals surface area contributed by atoms with E-state index in [-0.39, 0.29) is 24.6 Å². The molecule has 0 aromatic carbocycles. The SMILES string of the molecule is NCC(=O)NCC(=O)N[C@@H](CSSC[C@H](NC(=O)CNC(=O)CN)C(=O)O)C(=O)O. The summed E-state index contributed by atoms with van der Waals surface area (Å²) in [6, 6.07) is -2.57. The average molecular weight is 469 g/mol. The van der Waals surface area contributed by atoms with Crippen LogP contribution in [0.15, 0.2) is 0 Å². The van der Waals surface area contributed by atoms with Gasteiger partial charge in [-0.15, -0.1) is 0 Å². The molecule has 0 saturated heterocycles. The van der Waals surface area contributed by atoms with Crippen molar-refractivity contribution in [2.75, 3.05) is 37.7 Å². The van der Waals surface area contributed by atoms with Gasteiger partial charge in [-0.3, -0.25) is 19.2 Å². The molecule has 0 saturated carbocycles. The molecule has 0 aromatic heterocycles. The molecule has 14 nitrogen and oxygen atoms in total. The van der Waals surface area contributed by atoms with Crippen LogP contribution in [0.5, 0.6) is 0 Å². The van der Waals surface area contributed by atoms with Crippen molar-refractivity contribution >= 4 is 57.2 Å². The van der Waals surface area contributed by atoms with E-state index >= 15 is 0 Å². The molecule has 0 bridgehead atoms. The first-order valence-electron chi connectivity index (χ1n) is 8.32. The second-order valence-corrected chi connectivity index (χ2v) is 8.00. The number of carboxylic acids is 2. The molecular weight excluding hydrogens is 444 g/mol. The first kappa shape index (κ1) is 27.4. The Morgan fingerprint density at radius 2 is 1.00 bits per heavy atom. The first-order valence-corrected chi connectivity index (χ1v) is 10.8. The van der Waals surface area contributed by atoms with E-state index in [1.54, 1.807) is 0 Å². The third kappa shape index (κ3) is 12.8. The summed E-state index contributed by atoms with van der Waals surface area (Å²) in [6.45, 7) is -1.51. The van der Waals surface area contributed by atoms with E-state index < -0.39 is 60.7 Å². The highest BCUT2D eigenvalue weighted by molar-refractivity contribution is 8.76. The van der Waals surface area contributed by atoms with Crippen molar-refractivity contribution in [2.45, 2.75) is 12.1 Å². The Bertz CT molecular complexity index is 596. The van der Waals surface area contributed by atoms with Crippen molar-refractivity contribution in [3.63, 3.8) is 0 Å². The van der Waals surface area contributed by atoms with Crippen LogP contribution in [0.2, 0.25) is 0 Å². The van der Waals surface area contributed by atoms with Gasteiger partial charge in [0, 0.05) is 11.5 Å². The molecule has 4 amide bonds. The van der Waals surface area contributed by atoms with Gasteiger partial charge in [-0.25, -0.2) is 9.59 Å². The van der Waals surface area contributed by atoms with Crippen LogP contribution in [-0.4, -0.2) is 95.5 Å². The van der Waals surface area contributed by atoms with E-state index in [4.69, 9.17) is 21.7 Å². The van der Waals surface area contributed by atoms with Crippen molar-refractivity contribution in [3.05, 3.63) is 0 Å². The maximum atomic E-state index is 11.7. The number of carboxylic acid groups (broad SMARTS) is 2. The Morgan fingerprint density at radius 1 is 0.667 bits per heavy atom. The Labute approximate surface area is 179 Å². The molecular formula is C14H24N6O8S2. The van der Waals surface area contributed by atoms with E-state index in [0.29, 0.717) is 0 Å². The lowest BCUT2D eigenvalue weighted by Gasteiger charge is -2.16. The van der Waals surface area contributed by atoms with Gasteiger partial charge in [-0.05, 0) is 0 Å². The number of nitrogens with two attached hydrogens (primary N) is 2. The number of amides is 4. The van der Waals surface area contributed by atoms with Crippen molar-refractivity contribution < 1.29 is 39.0 Å². The summed E-state index contributed by atoms with van der Waals surface area (Å²) in [5.74, 6) is -5.47. The molecule has 0 unspecified atom stereocenters. The normalized spacial score (nSPS) is 12.2. The molecule has 16 heteroatoms. The van der Waals surface area contributed by atoms with Gasteiger partial charge in [0.2, 0.25) is 23.6 Å². The lowest BCUT2D eigenvalue weighted by atomic mass is 10.3. The molecule has 0 heterocycles. The van der Waals surface area contributed by atoms with E-state index in [2.05, 4.69) is 21.3 Å². The van der Waals surface area contributed by atoms with Gasteiger partial charge in [-0.2, -0.15) is 0 Å². The Morgan fingerprint density at radius 3 is 1.27 bits per heavy atom. The van der Waals surface area contributed by atoms with E-state index in [1.807, 2.05) is 0 Å². The summed E-state index contributed by atoms with van der Waals surface area (Å²) in [4.78, 5) is 67.7.